The van der Waals surface area contributed by atoms with Crippen molar-refractivity contribution in [2.24, 2.45) is 0 Å². The van der Waals surface area contributed by atoms with Crippen molar-refractivity contribution < 1.29 is 9.50 Å². The highest BCUT2D eigenvalue weighted by molar-refractivity contribution is 6.31. The Morgan fingerprint density at radius 2 is 2.19 bits per heavy atom. The highest BCUT2D eigenvalue weighted by atomic mass is 35.5. The van der Waals surface area contributed by atoms with E-state index in [1.54, 1.807) is 6.92 Å². The molecule has 1 unspecified atom stereocenters. The van der Waals surface area contributed by atoms with E-state index in [2.05, 4.69) is 5.32 Å². The quantitative estimate of drug-likeness (QED) is 0.835. The fourth-order valence-electron chi connectivity index (χ4n) is 1.57. The van der Waals surface area contributed by atoms with Gasteiger partial charge in [0, 0.05) is 11.4 Å². The molecular formula is C12H17ClFNO. The summed E-state index contributed by atoms with van der Waals surface area (Å²) in [4.78, 5) is 0. The average molecular weight is 246 g/mol. The predicted molar refractivity (Wildman–Crippen MR) is 64.3 cm³/mol. The van der Waals surface area contributed by atoms with Crippen LogP contribution >= 0.6 is 11.6 Å². The van der Waals surface area contributed by atoms with Crippen LogP contribution in [-0.4, -0.2) is 24.3 Å². The number of nitrogens with one attached hydrogen (secondary N) is 1. The molecule has 0 heterocycles. The topological polar surface area (TPSA) is 32.3 Å². The summed E-state index contributed by atoms with van der Waals surface area (Å²) >= 11 is 5.94. The van der Waals surface area contributed by atoms with Gasteiger partial charge in [0.05, 0.1) is 5.60 Å². The van der Waals surface area contributed by atoms with Gasteiger partial charge in [-0.1, -0.05) is 11.6 Å². The highest BCUT2D eigenvalue weighted by Gasteiger charge is 2.21. The van der Waals surface area contributed by atoms with Crippen molar-refractivity contribution in [3.8, 4) is 0 Å². The molecule has 0 spiro atoms. The summed E-state index contributed by atoms with van der Waals surface area (Å²) < 4.78 is 13.0. The first-order chi connectivity index (χ1) is 7.44. The largest absolute Gasteiger partial charge is 0.390 e. The monoisotopic (exact) mass is 245 g/mol. The molecule has 16 heavy (non-hydrogen) atoms. The summed E-state index contributed by atoms with van der Waals surface area (Å²) in [5, 5.41) is 13.6. The van der Waals surface area contributed by atoms with Gasteiger partial charge in [-0.2, -0.15) is 0 Å². The van der Waals surface area contributed by atoms with Crippen LogP contribution in [0, 0.1) is 5.82 Å². The molecule has 1 aromatic carbocycles. The van der Waals surface area contributed by atoms with Crippen molar-refractivity contribution in [2.45, 2.75) is 25.4 Å². The number of halogens is 2. The summed E-state index contributed by atoms with van der Waals surface area (Å²) in [5.41, 5.74) is -0.233. The first-order valence-corrected chi connectivity index (χ1v) is 5.63. The van der Waals surface area contributed by atoms with E-state index in [-0.39, 0.29) is 5.82 Å². The third-order valence-corrected chi connectivity index (χ3v) is 2.86. The average Bonchev–Trinajstić information content (AvgIpc) is 2.20. The lowest BCUT2D eigenvalue weighted by atomic mass is 9.93. The van der Waals surface area contributed by atoms with Crippen molar-refractivity contribution in [1.82, 2.24) is 5.32 Å². The van der Waals surface area contributed by atoms with Gasteiger partial charge >= 0.3 is 0 Å². The van der Waals surface area contributed by atoms with Gasteiger partial charge in [0.15, 0.2) is 0 Å². The lowest BCUT2D eigenvalue weighted by Crippen LogP contribution is -2.31. The fourth-order valence-corrected chi connectivity index (χ4v) is 1.76. The molecule has 1 rings (SSSR count). The molecule has 4 heteroatoms. The minimum absolute atomic E-state index is 0.330. The zero-order chi connectivity index (χ0) is 12.2. The first-order valence-electron chi connectivity index (χ1n) is 5.25. The van der Waals surface area contributed by atoms with Crippen LogP contribution in [0.3, 0.4) is 0 Å². The van der Waals surface area contributed by atoms with Gasteiger partial charge in [0.2, 0.25) is 0 Å². The minimum atomic E-state index is -0.875. The molecule has 2 N–H and O–H groups in total. The Morgan fingerprint density at radius 1 is 1.50 bits per heavy atom. The highest BCUT2D eigenvalue weighted by Crippen LogP contribution is 2.23. The van der Waals surface area contributed by atoms with E-state index in [9.17, 15) is 9.50 Å². The minimum Gasteiger partial charge on any atom is -0.390 e. The van der Waals surface area contributed by atoms with Crippen molar-refractivity contribution >= 4 is 11.6 Å². The molecule has 90 valence electrons. The van der Waals surface area contributed by atoms with Crippen LogP contribution in [0.1, 0.15) is 18.9 Å². The van der Waals surface area contributed by atoms with E-state index in [1.165, 1.54) is 18.2 Å². The van der Waals surface area contributed by atoms with E-state index < -0.39 is 5.60 Å². The van der Waals surface area contributed by atoms with Gasteiger partial charge in [0.1, 0.15) is 5.82 Å². The van der Waals surface area contributed by atoms with Gasteiger partial charge in [-0.15, -0.1) is 0 Å². The molecule has 0 saturated carbocycles. The number of aliphatic hydroxyl groups is 1. The molecule has 0 fully saturated rings. The first kappa shape index (κ1) is 13.4. The van der Waals surface area contributed by atoms with Gasteiger partial charge in [-0.05, 0) is 50.7 Å². The molecule has 1 atom stereocenters. The molecule has 0 aliphatic heterocycles. The number of hydrogen-bond donors (Lipinski definition) is 2. The van der Waals surface area contributed by atoms with Crippen molar-refractivity contribution in [2.75, 3.05) is 13.6 Å². The van der Waals surface area contributed by atoms with Crippen LogP contribution in [0.4, 0.5) is 4.39 Å². The molecule has 1 aromatic rings. The Balaban J connectivity index is 2.74. The Hall–Kier alpha value is -0.640. The third kappa shape index (κ3) is 4.08. The lowest BCUT2D eigenvalue weighted by molar-refractivity contribution is 0.0520. The van der Waals surface area contributed by atoms with Crippen LogP contribution < -0.4 is 5.32 Å². The normalized spacial score (nSPS) is 14.8. The summed E-state index contributed by atoms with van der Waals surface area (Å²) in [5.74, 6) is -0.330. The standard InChI is InChI=1S/C12H17ClFNO/c1-12(16,5-6-15-2)8-9-7-10(14)3-4-11(9)13/h3-4,7,15-16H,5-6,8H2,1-2H3. The molecule has 0 amide bonds. The van der Waals surface area contributed by atoms with E-state index >= 15 is 0 Å². The zero-order valence-electron chi connectivity index (χ0n) is 9.56. The number of benzene rings is 1. The van der Waals surface area contributed by atoms with Gasteiger partial charge in [0.25, 0.3) is 0 Å². The molecular weight excluding hydrogens is 229 g/mol. The summed E-state index contributed by atoms with van der Waals surface area (Å²) in [6.07, 6.45) is 0.946. The molecule has 0 aromatic heterocycles. The van der Waals surface area contributed by atoms with Crippen LogP contribution in [0.15, 0.2) is 18.2 Å². The molecule has 0 bridgehead atoms. The Morgan fingerprint density at radius 3 is 2.81 bits per heavy atom. The summed E-state index contributed by atoms with van der Waals surface area (Å²) in [6, 6.07) is 4.20. The summed E-state index contributed by atoms with van der Waals surface area (Å²) in [7, 11) is 1.82. The molecule has 2 nitrogen and oxygen atoms in total. The van der Waals surface area contributed by atoms with Crippen LogP contribution in [0.5, 0.6) is 0 Å². The molecule has 0 aliphatic rings. The zero-order valence-corrected chi connectivity index (χ0v) is 10.3. The van der Waals surface area contributed by atoms with E-state index in [4.69, 9.17) is 11.6 Å². The molecule has 0 radical (unpaired) electrons. The molecule has 0 aliphatic carbocycles. The van der Waals surface area contributed by atoms with Crippen LogP contribution in [-0.2, 0) is 6.42 Å². The fraction of sp³-hybridized carbons (Fsp3) is 0.500. The van der Waals surface area contributed by atoms with Crippen molar-refractivity contribution in [3.63, 3.8) is 0 Å². The molecule has 0 saturated heterocycles. The maximum absolute atomic E-state index is 13.0. The second kappa shape index (κ2) is 5.62. The lowest BCUT2D eigenvalue weighted by Gasteiger charge is -2.23. The van der Waals surface area contributed by atoms with Gasteiger partial charge in [-0.3, -0.25) is 0 Å². The van der Waals surface area contributed by atoms with Crippen molar-refractivity contribution in [1.29, 1.82) is 0 Å². The van der Waals surface area contributed by atoms with Crippen LogP contribution in [0.2, 0.25) is 5.02 Å². The van der Waals surface area contributed by atoms with E-state index in [0.717, 1.165) is 0 Å². The second-order valence-electron chi connectivity index (χ2n) is 4.26. The maximum Gasteiger partial charge on any atom is 0.123 e. The maximum atomic E-state index is 13.0. The third-order valence-electron chi connectivity index (χ3n) is 2.49. The van der Waals surface area contributed by atoms with Gasteiger partial charge in [-0.25, -0.2) is 4.39 Å². The van der Waals surface area contributed by atoms with Gasteiger partial charge < -0.3 is 10.4 Å². The van der Waals surface area contributed by atoms with E-state index in [0.29, 0.717) is 30.0 Å². The number of hydrogen-bond acceptors (Lipinski definition) is 2. The Labute approximate surface area is 100 Å². The summed E-state index contributed by atoms with van der Waals surface area (Å²) in [6.45, 7) is 2.44. The van der Waals surface area contributed by atoms with Crippen molar-refractivity contribution in [3.05, 3.63) is 34.6 Å². The second-order valence-corrected chi connectivity index (χ2v) is 4.67. The Kier molecular flexibility index (Phi) is 4.71. The smallest absolute Gasteiger partial charge is 0.123 e. The Bertz CT molecular complexity index is 355. The number of rotatable bonds is 5. The predicted octanol–water partition coefficient (Wildman–Crippen LogP) is 2.38. The van der Waals surface area contributed by atoms with E-state index in [1.807, 2.05) is 7.05 Å². The van der Waals surface area contributed by atoms with Crippen LogP contribution in [0.25, 0.3) is 0 Å². The SMILES string of the molecule is CNCCC(C)(O)Cc1cc(F)ccc1Cl.